The third-order valence-electron chi connectivity index (χ3n) is 13.9. The standard InChI is InChI=1S/C34H49NO3/c1-20-10-13-34(29(37)38)15-14-32(6)24(27(34)21(20)2)8-9-26-31(5)17-23-16-22(19-36)18-35-28(23)30(3,4)25(31)11-12-33(26,32)7/h8,16,18,20-21,25-27,36H,9-15,17,19H2,1-7H3,(H,37,38)/t20-,21+,25+,26-,27+,31+,32-,33-,34+/m1/s1. The molecule has 9 atom stereocenters. The van der Waals surface area contributed by atoms with Crippen molar-refractivity contribution in [2.45, 2.75) is 112 Å². The van der Waals surface area contributed by atoms with Crippen molar-refractivity contribution < 1.29 is 15.0 Å². The maximum atomic E-state index is 12.9. The Hall–Kier alpha value is -1.68. The lowest BCUT2D eigenvalue weighted by molar-refractivity contribution is -0.179. The van der Waals surface area contributed by atoms with Gasteiger partial charge < -0.3 is 10.2 Å². The molecule has 0 radical (unpaired) electrons. The van der Waals surface area contributed by atoms with Crippen molar-refractivity contribution in [1.29, 1.82) is 0 Å². The number of pyridine rings is 1. The summed E-state index contributed by atoms with van der Waals surface area (Å²) in [7, 11) is 0. The van der Waals surface area contributed by atoms with Crippen LogP contribution in [0.15, 0.2) is 23.9 Å². The quantitative estimate of drug-likeness (QED) is 0.401. The number of fused-ring (bicyclic) bond motifs is 8. The number of aromatic nitrogens is 1. The summed E-state index contributed by atoms with van der Waals surface area (Å²) in [5.41, 5.74) is 4.69. The summed E-state index contributed by atoms with van der Waals surface area (Å²) in [4.78, 5) is 17.9. The van der Waals surface area contributed by atoms with Gasteiger partial charge in [0.25, 0.3) is 0 Å². The van der Waals surface area contributed by atoms with Crippen LogP contribution in [-0.4, -0.2) is 21.2 Å². The molecule has 1 aromatic rings. The summed E-state index contributed by atoms with van der Waals surface area (Å²) in [5.74, 6) is 1.68. The van der Waals surface area contributed by atoms with Crippen LogP contribution in [0.4, 0.5) is 0 Å². The molecule has 208 valence electrons. The van der Waals surface area contributed by atoms with E-state index >= 15 is 0 Å². The molecule has 3 saturated carbocycles. The van der Waals surface area contributed by atoms with Crippen LogP contribution in [0.3, 0.4) is 0 Å². The molecule has 3 fully saturated rings. The van der Waals surface area contributed by atoms with Gasteiger partial charge in [0.15, 0.2) is 0 Å². The van der Waals surface area contributed by atoms with Crippen LogP contribution in [0.2, 0.25) is 0 Å². The Labute approximate surface area is 229 Å². The first-order valence-corrected chi connectivity index (χ1v) is 15.3. The first kappa shape index (κ1) is 26.5. The number of aliphatic hydroxyl groups is 1. The molecule has 6 rings (SSSR count). The monoisotopic (exact) mass is 519 g/mol. The molecule has 38 heavy (non-hydrogen) atoms. The van der Waals surface area contributed by atoms with Crippen LogP contribution in [0.1, 0.15) is 110 Å². The Morgan fingerprint density at radius 2 is 1.76 bits per heavy atom. The highest BCUT2D eigenvalue weighted by atomic mass is 16.4. The minimum absolute atomic E-state index is 0.0130. The van der Waals surface area contributed by atoms with Crippen molar-refractivity contribution in [3.05, 3.63) is 40.7 Å². The fraction of sp³-hybridized carbons (Fsp3) is 0.765. The fourth-order valence-electron chi connectivity index (χ4n) is 11.6. The average Bonchev–Trinajstić information content (AvgIpc) is 2.85. The number of hydrogen-bond donors (Lipinski definition) is 2. The first-order valence-electron chi connectivity index (χ1n) is 15.3. The predicted octanol–water partition coefficient (Wildman–Crippen LogP) is 7.33. The molecular formula is C34H49NO3. The number of hydrogen-bond acceptors (Lipinski definition) is 3. The second kappa shape index (κ2) is 8.18. The number of carboxylic acids is 1. The van der Waals surface area contributed by atoms with E-state index in [1.165, 1.54) is 29.7 Å². The number of aliphatic hydroxyl groups excluding tert-OH is 1. The SMILES string of the molecule is C[C@H]1[C@H](C)CC[C@]2(C(=O)O)CC[C@]3(C)C(=CC[C@@H]4[C@@]5(C)Cc6cc(CO)cnc6C(C)(C)[C@@H]5CC[C@]43C)[C@H]12. The van der Waals surface area contributed by atoms with E-state index in [9.17, 15) is 15.0 Å². The zero-order valence-corrected chi connectivity index (χ0v) is 24.7. The number of aliphatic carboxylic acids is 1. The van der Waals surface area contributed by atoms with Gasteiger partial charge in [-0.25, -0.2) is 0 Å². The Morgan fingerprint density at radius 3 is 2.45 bits per heavy atom. The summed E-state index contributed by atoms with van der Waals surface area (Å²) >= 11 is 0. The van der Waals surface area contributed by atoms with E-state index in [2.05, 4.69) is 60.6 Å². The number of carboxylic acid groups (broad SMARTS) is 1. The van der Waals surface area contributed by atoms with Crippen LogP contribution in [-0.2, 0) is 23.2 Å². The topological polar surface area (TPSA) is 70.4 Å². The van der Waals surface area contributed by atoms with Crippen molar-refractivity contribution in [2.75, 3.05) is 0 Å². The van der Waals surface area contributed by atoms with Crippen LogP contribution >= 0.6 is 0 Å². The maximum absolute atomic E-state index is 12.9. The van der Waals surface area contributed by atoms with Gasteiger partial charge in [0.05, 0.1) is 12.0 Å². The second-order valence-electron chi connectivity index (χ2n) is 15.5. The molecule has 0 aliphatic heterocycles. The zero-order chi connectivity index (χ0) is 27.5. The summed E-state index contributed by atoms with van der Waals surface area (Å²) in [6.07, 6.45) is 12.6. The molecule has 0 saturated heterocycles. The minimum atomic E-state index is -0.584. The third kappa shape index (κ3) is 3.07. The number of nitrogens with zero attached hydrogens (tertiary/aromatic N) is 1. The van der Waals surface area contributed by atoms with Gasteiger partial charge in [-0.15, -0.1) is 0 Å². The van der Waals surface area contributed by atoms with Crippen LogP contribution < -0.4 is 0 Å². The summed E-state index contributed by atoms with van der Waals surface area (Å²) in [5, 5.41) is 20.5. The maximum Gasteiger partial charge on any atom is 0.310 e. The van der Waals surface area contributed by atoms with Crippen molar-refractivity contribution in [3.8, 4) is 0 Å². The molecule has 0 spiro atoms. The van der Waals surface area contributed by atoms with Gasteiger partial charge in [-0.05, 0) is 108 Å². The van der Waals surface area contributed by atoms with Gasteiger partial charge >= 0.3 is 5.97 Å². The normalized spacial score (nSPS) is 46.9. The molecule has 0 amide bonds. The van der Waals surface area contributed by atoms with Crippen molar-refractivity contribution in [3.63, 3.8) is 0 Å². The highest BCUT2D eigenvalue weighted by molar-refractivity contribution is 5.76. The van der Waals surface area contributed by atoms with Crippen molar-refractivity contribution in [2.24, 2.45) is 51.2 Å². The second-order valence-corrected chi connectivity index (χ2v) is 15.5. The molecule has 1 heterocycles. The van der Waals surface area contributed by atoms with E-state index in [0.29, 0.717) is 23.7 Å². The molecule has 0 bridgehead atoms. The van der Waals surface area contributed by atoms with Gasteiger partial charge in [-0.1, -0.05) is 66.2 Å². The zero-order valence-electron chi connectivity index (χ0n) is 24.7. The Balaban J connectivity index is 1.47. The van der Waals surface area contributed by atoms with E-state index in [1.807, 2.05) is 6.20 Å². The highest BCUT2D eigenvalue weighted by Gasteiger charge is 2.69. The smallest absolute Gasteiger partial charge is 0.310 e. The van der Waals surface area contributed by atoms with Gasteiger partial charge in [0.1, 0.15) is 0 Å². The molecule has 4 heteroatoms. The lowest BCUT2D eigenvalue weighted by Gasteiger charge is -2.70. The van der Waals surface area contributed by atoms with Crippen LogP contribution in [0.5, 0.6) is 0 Å². The summed E-state index contributed by atoms with van der Waals surface area (Å²) in [6.45, 7) is 17.2. The average molecular weight is 520 g/mol. The summed E-state index contributed by atoms with van der Waals surface area (Å²) < 4.78 is 0. The predicted molar refractivity (Wildman–Crippen MR) is 150 cm³/mol. The molecule has 5 aliphatic rings. The van der Waals surface area contributed by atoms with E-state index in [0.717, 1.165) is 44.1 Å². The number of rotatable bonds is 2. The van der Waals surface area contributed by atoms with Gasteiger partial charge in [-0.3, -0.25) is 9.78 Å². The molecular weight excluding hydrogens is 470 g/mol. The molecule has 1 aromatic heterocycles. The third-order valence-corrected chi connectivity index (χ3v) is 13.9. The van der Waals surface area contributed by atoms with E-state index in [-0.39, 0.29) is 34.2 Å². The number of carbonyl (C=O) groups is 1. The van der Waals surface area contributed by atoms with Crippen molar-refractivity contribution >= 4 is 5.97 Å². The van der Waals surface area contributed by atoms with E-state index in [4.69, 9.17) is 4.98 Å². The first-order chi connectivity index (χ1) is 17.8. The Kier molecular flexibility index (Phi) is 5.71. The highest BCUT2D eigenvalue weighted by Crippen LogP contribution is 2.75. The summed E-state index contributed by atoms with van der Waals surface area (Å²) in [6, 6.07) is 2.22. The Bertz CT molecular complexity index is 1200. The van der Waals surface area contributed by atoms with Gasteiger partial charge in [-0.2, -0.15) is 0 Å². The lowest BCUT2D eigenvalue weighted by Crippen LogP contribution is -2.65. The minimum Gasteiger partial charge on any atom is -0.481 e. The largest absolute Gasteiger partial charge is 0.481 e. The van der Waals surface area contributed by atoms with E-state index in [1.54, 1.807) is 0 Å². The Morgan fingerprint density at radius 1 is 1.03 bits per heavy atom. The molecule has 0 aromatic carbocycles. The lowest BCUT2D eigenvalue weighted by atomic mass is 9.33. The van der Waals surface area contributed by atoms with Crippen LogP contribution in [0, 0.1) is 51.2 Å². The molecule has 4 nitrogen and oxygen atoms in total. The fourth-order valence-corrected chi connectivity index (χ4v) is 11.6. The molecule has 5 aliphatic carbocycles. The van der Waals surface area contributed by atoms with E-state index < -0.39 is 11.4 Å². The van der Waals surface area contributed by atoms with Gasteiger partial charge in [0.2, 0.25) is 0 Å². The number of allylic oxidation sites excluding steroid dienone is 2. The van der Waals surface area contributed by atoms with Crippen molar-refractivity contribution in [1.82, 2.24) is 4.98 Å². The molecule has 0 unspecified atom stereocenters. The van der Waals surface area contributed by atoms with Crippen LogP contribution in [0.25, 0.3) is 0 Å². The molecule has 2 N–H and O–H groups in total. The van der Waals surface area contributed by atoms with Gasteiger partial charge in [0, 0.05) is 17.3 Å².